The van der Waals surface area contributed by atoms with Crippen molar-refractivity contribution in [3.8, 4) is 0 Å². The topological polar surface area (TPSA) is 17.0 Å². The summed E-state index contributed by atoms with van der Waals surface area (Å²) in [4.78, 5) is 1.33. The van der Waals surface area contributed by atoms with Crippen molar-refractivity contribution in [2.45, 2.75) is 38.3 Å². The lowest BCUT2D eigenvalue weighted by molar-refractivity contribution is 0.654. The lowest BCUT2D eigenvalue weighted by Gasteiger charge is -2.13. The molecule has 0 atom stereocenters. The highest BCUT2D eigenvalue weighted by atomic mass is 32.2. The van der Waals surface area contributed by atoms with E-state index in [0.29, 0.717) is 0 Å². The Morgan fingerprint density at radius 1 is 1.11 bits per heavy atom. The Morgan fingerprint density at radius 2 is 1.95 bits per heavy atom. The van der Waals surface area contributed by atoms with Gasteiger partial charge in [-0.3, -0.25) is 0 Å². The zero-order valence-corrected chi connectivity index (χ0v) is 12.5. The van der Waals surface area contributed by atoms with Gasteiger partial charge in [-0.05, 0) is 36.4 Å². The first-order chi connectivity index (χ1) is 9.35. The molecule has 1 aromatic heterocycles. The van der Waals surface area contributed by atoms with Gasteiger partial charge in [-0.15, -0.1) is 11.8 Å². The van der Waals surface area contributed by atoms with Gasteiger partial charge in [0, 0.05) is 29.0 Å². The van der Waals surface area contributed by atoms with E-state index in [4.69, 9.17) is 0 Å². The molecule has 0 aliphatic carbocycles. The van der Waals surface area contributed by atoms with Gasteiger partial charge in [0.05, 0.1) is 6.54 Å². The number of hydrogen-bond acceptors (Lipinski definition) is 2. The monoisotopic (exact) mass is 274 g/mol. The number of hydrogen-bond donors (Lipinski definition) is 1. The summed E-state index contributed by atoms with van der Waals surface area (Å²) < 4.78 is 2.32. The molecule has 1 N–H and O–H groups in total. The summed E-state index contributed by atoms with van der Waals surface area (Å²) in [7, 11) is 0. The van der Waals surface area contributed by atoms with Gasteiger partial charge in [-0.2, -0.15) is 0 Å². The first kappa shape index (κ1) is 14.1. The minimum absolute atomic E-state index is 0.883. The molecule has 1 aromatic carbocycles. The van der Waals surface area contributed by atoms with Gasteiger partial charge in [0.25, 0.3) is 0 Å². The largest absolute Gasteiger partial charge is 0.379 e. The number of para-hydroxylation sites is 1. The maximum Gasteiger partial charge on any atom is 0.0553 e. The standard InChI is InChI=1S/C16H22N2S/c1-3-11-18-12-7-8-14(18)13-17-15-9-5-6-10-16(15)19-4-2/h5-10,12,17H,3-4,11,13H2,1-2H3. The number of nitrogens with one attached hydrogen (secondary N) is 1. The molecule has 0 saturated carbocycles. The molecule has 0 spiro atoms. The highest BCUT2D eigenvalue weighted by molar-refractivity contribution is 7.99. The molecule has 0 aliphatic heterocycles. The lowest BCUT2D eigenvalue weighted by Crippen LogP contribution is -2.07. The van der Waals surface area contributed by atoms with Crippen LogP contribution in [0.15, 0.2) is 47.5 Å². The van der Waals surface area contributed by atoms with Crippen molar-refractivity contribution >= 4 is 17.4 Å². The summed E-state index contributed by atoms with van der Waals surface area (Å²) in [5.74, 6) is 1.10. The average Bonchev–Trinajstić information content (AvgIpc) is 2.86. The molecule has 0 bridgehead atoms. The highest BCUT2D eigenvalue weighted by Crippen LogP contribution is 2.27. The molecule has 0 amide bonds. The van der Waals surface area contributed by atoms with Crippen LogP contribution in [0.3, 0.4) is 0 Å². The zero-order chi connectivity index (χ0) is 13.5. The van der Waals surface area contributed by atoms with Gasteiger partial charge in [-0.25, -0.2) is 0 Å². The van der Waals surface area contributed by atoms with Crippen LogP contribution in [0.25, 0.3) is 0 Å². The van der Waals surface area contributed by atoms with E-state index in [-0.39, 0.29) is 0 Å². The van der Waals surface area contributed by atoms with Crippen LogP contribution in [0, 0.1) is 0 Å². The maximum atomic E-state index is 3.56. The Hall–Kier alpha value is -1.35. The third-order valence-electron chi connectivity index (χ3n) is 3.03. The van der Waals surface area contributed by atoms with Gasteiger partial charge in [0.15, 0.2) is 0 Å². The molecule has 2 rings (SSSR count). The van der Waals surface area contributed by atoms with E-state index in [1.165, 1.54) is 22.7 Å². The fraction of sp³-hybridized carbons (Fsp3) is 0.375. The smallest absolute Gasteiger partial charge is 0.0553 e. The van der Waals surface area contributed by atoms with Crippen molar-refractivity contribution in [2.24, 2.45) is 0 Å². The summed E-state index contributed by atoms with van der Waals surface area (Å²) in [6.45, 7) is 6.38. The summed E-state index contributed by atoms with van der Waals surface area (Å²) in [6, 6.07) is 12.8. The Balaban J connectivity index is 2.03. The number of anilines is 1. The third-order valence-corrected chi connectivity index (χ3v) is 3.99. The van der Waals surface area contributed by atoms with Crippen LogP contribution in [0.2, 0.25) is 0 Å². The van der Waals surface area contributed by atoms with Gasteiger partial charge < -0.3 is 9.88 Å². The summed E-state index contributed by atoms with van der Waals surface area (Å²) >= 11 is 1.88. The van der Waals surface area contributed by atoms with Crippen molar-refractivity contribution < 1.29 is 0 Å². The molecular formula is C16H22N2S. The first-order valence-corrected chi connectivity index (χ1v) is 7.93. The van der Waals surface area contributed by atoms with Crippen LogP contribution in [-0.2, 0) is 13.1 Å². The van der Waals surface area contributed by atoms with Crippen molar-refractivity contribution in [2.75, 3.05) is 11.1 Å². The molecule has 102 valence electrons. The lowest BCUT2D eigenvalue weighted by atomic mass is 10.3. The Labute approximate surface area is 120 Å². The SMILES string of the molecule is CCCn1cccc1CNc1ccccc1SCC. The van der Waals surface area contributed by atoms with Crippen LogP contribution >= 0.6 is 11.8 Å². The van der Waals surface area contributed by atoms with E-state index < -0.39 is 0 Å². The predicted molar refractivity (Wildman–Crippen MR) is 84.9 cm³/mol. The number of nitrogens with zero attached hydrogens (tertiary/aromatic N) is 1. The minimum atomic E-state index is 0.883. The summed E-state index contributed by atoms with van der Waals surface area (Å²) in [6.07, 6.45) is 3.33. The normalized spacial score (nSPS) is 10.6. The number of benzene rings is 1. The molecule has 0 unspecified atom stereocenters. The van der Waals surface area contributed by atoms with E-state index in [1.807, 2.05) is 11.8 Å². The molecule has 0 saturated heterocycles. The van der Waals surface area contributed by atoms with Crippen LogP contribution in [0.1, 0.15) is 26.0 Å². The number of rotatable bonds is 7. The van der Waals surface area contributed by atoms with E-state index in [2.05, 4.69) is 66.3 Å². The van der Waals surface area contributed by atoms with Crippen LogP contribution in [0.4, 0.5) is 5.69 Å². The van der Waals surface area contributed by atoms with Gasteiger partial charge in [-0.1, -0.05) is 26.0 Å². The van der Waals surface area contributed by atoms with Crippen LogP contribution in [-0.4, -0.2) is 10.3 Å². The average molecular weight is 274 g/mol. The fourth-order valence-electron chi connectivity index (χ4n) is 2.15. The Kier molecular flexibility index (Phi) is 5.40. The molecule has 1 heterocycles. The van der Waals surface area contributed by atoms with Crippen molar-refractivity contribution in [1.29, 1.82) is 0 Å². The molecule has 2 nitrogen and oxygen atoms in total. The maximum absolute atomic E-state index is 3.56. The van der Waals surface area contributed by atoms with Crippen LogP contribution < -0.4 is 5.32 Å². The third kappa shape index (κ3) is 3.80. The Bertz CT molecular complexity index is 505. The summed E-state index contributed by atoms with van der Waals surface area (Å²) in [5.41, 5.74) is 2.58. The van der Waals surface area contributed by atoms with E-state index in [0.717, 1.165) is 18.8 Å². The zero-order valence-electron chi connectivity index (χ0n) is 11.7. The molecule has 0 radical (unpaired) electrons. The van der Waals surface area contributed by atoms with Crippen LogP contribution in [0.5, 0.6) is 0 Å². The van der Waals surface area contributed by atoms with Gasteiger partial charge in [0.1, 0.15) is 0 Å². The van der Waals surface area contributed by atoms with E-state index in [1.54, 1.807) is 0 Å². The second kappa shape index (κ2) is 7.29. The molecule has 19 heavy (non-hydrogen) atoms. The Morgan fingerprint density at radius 3 is 2.74 bits per heavy atom. The fourth-order valence-corrected chi connectivity index (χ4v) is 2.93. The first-order valence-electron chi connectivity index (χ1n) is 6.94. The second-order valence-electron chi connectivity index (χ2n) is 4.48. The van der Waals surface area contributed by atoms with Gasteiger partial charge >= 0.3 is 0 Å². The minimum Gasteiger partial charge on any atom is -0.379 e. The van der Waals surface area contributed by atoms with Crippen molar-refractivity contribution in [1.82, 2.24) is 4.57 Å². The highest BCUT2D eigenvalue weighted by Gasteiger charge is 2.03. The number of aryl methyl sites for hydroxylation is 1. The molecule has 2 aromatic rings. The molecule has 0 aliphatic rings. The predicted octanol–water partition coefficient (Wildman–Crippen LogP) is 4.62. The second-order valence-corrected chi connectivity index (χ2v) is 5.78. The van der Waals surface area contributed by atoms with E-state index in [9.17, 15) is 0 Å². The summed E-state index contributed by atoms with van der Waals surface area (Å²) in [5, 5.41) is 3.56. The molecule has 0 fully saturated rings. The van der Waals surface area contributed by atoms with Gasteiger partial charge in [0.2, 0.25) is 0 Å². The molecular weight excluding hydrogens is 252 g/mol. The molecule has 3 heteroatoms. The number of thioether (sulfide) groups is 1. The van der Waals surface area contributed by atoms with E-state index >= 15 is 0 Å². The number of aromatic nitrogens is 1. The van der Waals surface area contributed by atoms with Crippen molar-refractivity contribution in [3.05, 3.63) is 48.3 Å². The van der Waals surface area contributed by atoms with Crippen molar-refractivity contribution in [3.63, 3.8) is 0 Å². The quantitative estimate of drug-likeness (QED) is 0.742.